The Morgan fingerprint density at radius 2 is 1.47 bits per heavy atom. The fourth-order valence-electron chi connectivity index (χ4n) is 8.32. The molecule has 2 fully saturated rings. The molecular formula is C38H50N5O5Zn-. The second-order valence-corrected chi connectivity index (χ2v) is 14.7. The summed E-state index contributed by atoms with van der Waals surface area (Å²) in [6.07, 6.45) is 7.31. The number of anilines is 2. The molecule has 2 aliphatic carbocycles. The molecule has 49 heavy (non-hydrogen) atoms. The van der Waals surface area contributed by atoms with E-state index in [4.69, 9.17) is 14.5 Å². The normalized spacial score (nSPS) is 29.7. The minimum absolute atomic E-state index is 0. The summed E-state index contributed by atoms with van der Waals surface area (Å²) in [6, 6.07) is 5.49. The molecule has 4 unspecified atom stereocenters. The first-order valence-corrected chi connectivity index (χ1v) is 17.3. The number of aliphatic hydroxyl groups is 1. The number of aromatic nitrogens is 2. The van der Waals surface area contributed by atoms with Crippen molar-refractivity contribution in [3.63, 3.8) is 0 Å². The number of carbonyl (C=O) groups excluding carboxylic acids is 2. The van der Waals surface area contributed by atoms with Crippen molar-refractivity contribution in [2.75, 3.05) is 5.32 Å². The maximum absolute atomic E-state index is 13.7. The smallest absolute Gasteiger partial charge is 0.315 e. The molecule has 2 N–H and O–H groups in total. The Morgan fingerprint density at radius 3 is 1.98 bits per heavy atom. The van der Waals surface area contributed by atoms with E-state index in [1.165, 1.54) is 6.92 Å². The number of aliphatic hydroxyl groups excluding tert-OH is 1. The van der Waals surface area contributed by atoms with Crippen molar-refractivity contribution in [3.8, 4) is 5.75 Å². The Morgan fingerprint density at radius 1 is 0.918 bits per heavy atom. The molecule has 2 aromatic heterocycles. The molecular weight excluding hydrogens is 672 g/mol. The van der Waals surface area contributed by atoms with Crippen molar-refractivity contribution < 1.29 is 43.6 Å². The monoisotopic (exact) mass is 720 g/mol. The van der Waals surface area contributed by atoms with E-state index in [9.17, 15) is 14.7 Å². The van der Waals surface area contributed by atoms with Gasteiger partial charge in [0.2, 0.25) is 0 Å². The average Bonchev–Trinajstić information content (AvgIpc) is 3.42. The van der Waals surface area contributed by atoms with E-state index in [-0.39, 0.29) is 84.4 Å². The van der Waals surface area contributed by atoms with Gasteiger partial charge in [0.1, 0.15) is 5.75 Å². The average molecular weight is 722 g/mol. The minimum atomic E-state index is -0.310. The van der Waals surface area contributed by atoms with Crippen molar-refractivity contribution in [2.45, 2.75) is 88.0 Å². The van der Waals surface area contributed by atoms with Crippen LogP contribution in [0.3, 0.4) is 0 Å². The quantitative estimate of drug-likeness (QED) is 0.126. The first-order valence-electron chi connectivity index (χ1n) is 17.3. The molecule has 2 saturated carbocycles. The number of esters is 2. The summed E-state index contributed by atoms with van der Waals surface area (Å²) in [5, 5.41) is 13.3. The van der Waals surface area contributed by atoms with Crippen LogP contribution >= 0.6 is 0 Å². The third-order valence-corrected chi connectivity index (χ3v) is 10.3. The number of hydrogen-bond donors (Lipinski definition) is 2. The van der Waals surface area contributed by atoms with Crippen LogP contribution in [-0.2, 0) is 33.8 Å². The van der Waals surface area contributed by atoms with Crippen LogP contribution in [0.15, 0.2) is 51.4 Å². The number of rotatable bonds is 7. The first kappa shape index (κ1) is 38.2. The van der Waals surface area contributed by atoms with Crippen molar-refractivity contribution in [3.05, 3.63) is 52.7 Å². The van der Waals surface area contributed by atoms with Crippen LogP contribution in [0.1, 0.15) is 92.3 Å². The Hall–Kier alpha value is -3.59. The molecule has 2 aromatic rings. The van der Waals surface area contributed by atoms with Gasteiger partial charge in [-0.25, -0.2) is 4.99 Å². The van der Waals surface area contributed by atoms with Crippen molar-refractivity contribution in [2.24, 2.45) is 57.3 Å². The van der Waals surface area contributed by atoms with E-state index in [1.54, 1.807) is 12.3 Å². The number of carbonyl (C=O) groups is 2. The molecule has 260 valence electrons. The van der Waals surface area contributed by atoms with E-state index in [0.29, 0.717) is 51.7 Å². The number of amidine groups is 1. The van der Waals surface area contributed by atoms with Crippen LogP contribution in [0.2, 0.25) is 0 Å². The van der Waals surface area contributed by atoms with Crippen LogP contribution < -0.4 is 15.0 Å². The number of ether oxygens (including phenoxy) is 2. The van der Waals surface area contributed by atoms with E-state index in [2.05, 4.69) is 61.8 Å². The zero-order valence-electron chi connectivity index (χ0n) is 30.4. The molecule has 10 nitrogen and oxygen atoms in total. The number of hydrogen-bond acceptors (Lipinski definition) is 8. The second kappa shape index (κ2) is 16.0. The molecule has 0 radical (unpaired) electrons. The molecule has 3 heterocycles. The Kier molecular flexibility index (Phi) is 12.5. The Bertz CT molecular complexity index is 1630. The van der Waals surface area contributed by atoms with Gasteiger partial charge in [-0.05, 0) is 110 Å². The van der Waals surface area contributed by atoms with E-state index >= 15 is 0 Å². The third-order valence-electron chi connectivity index (χ3n) is 10.3. The van der Waals surface area contributed by atoms with E-state index in [0.717, 1.165) is 25.7 Å². The molecule has 3 aliphatic rings. The molecule has 0 amide bonds. The Balaban J connectivity index is 0.00000541. The van der Waals surface area contributed by atoms with E-state index in [1.807, 2.05) is 32.0 Å². The first-order chi connectivity index (χ1) is 22.7. The van der Waals surface area contributed by atoms with Gasteiger partial charge < -0.3 is 24.9 Å². The fraction of sp³-hybridized carbons (Fsp3) is 0.553. The van der Waals surface area contributed by atoms with Gasteiger partial charge in [0.25, 0.3) is 0 Å². The number of nitrogens with zero attached hydrogens (tertiary/aromatic N) is 4. The van der Waals surface area contributed by atoms with Crippen molar-refractivity contribution >= 4 is 41.4 Å². The van der Waals surface area contributed by atoms with Crippen LogP contribution in [0.5, 0.6) is 5.75 Å². The molecule has 5 rings (SSSR count). The predicted molar refractivity (Wildman–Crippen MR) is 188 cm³/mol. The summed E-state index contributed by atoms with van der Waals surface area (Å²) in [5.74, 6) is 2.24. The van der Waals surface area contributed by atoms with Crippen molar-refractivity contribution in [1.82, 2.24) is 9.97 Å². The van der Waals surface area contributed by atoms with Crippen LogP contribution in [0.25, 0.3) is 6.08 Å². The van der Waals surface area contributed by atoms with Gasteiger partial charge in [0.15, 0.2) is 17.5 Å². The van der Waals surface area contributed by atoms with Gasteiger partial charge in [0.05, 0.1) is 17.5 Å². The van der Waals surface area contributed by atoms with Crippen LogP contribution in [-0.4, -0.2) is 33.8 Å². The molecule has 0 saturated heterocycles. The van der Waals surface area contributed by atoms with Gasteiger partial charge in [-0.1, -0.05) is 47.6 Å². The standard InChI is InChI=1S/C38H50N5O5.Zn/c1-19-14-21(3)31(22(4)15-19)37(45)47-33-25(7)28(41-35(33)40-27(9)44)18-29-26(8)34(36(42-29)43-30-12-10-11-13-39-30)48-38(46)32-23(5)16-20(2)17-24(32)6;/h10-13,18-24,31-32H,14-17H2,1-9H3,(H2-,39,40,41,42,43,44);/q-1;. The predicted octanol–water partition coefficient (Wildman–Crippen LogP) is 8.18. The number of allylic oxidation sites excluding steroid dienone is 1. The summed E-state index contributed by atoms with van der Waals surface area (Å²) in [6.45, 7) is 18.0. The van der Waals surface area contributed by atoms with E-state index < -0.39 is 0 Å². The molecule has 0 aromatic carbocycles. The van der Waals surface area contributed by atoms with Gasteiger partial charge >= 0.3 is 11.9 Å². The molecule has 1 aliphatic heterocycles. The van der Waals surface area contributed by atoms with Gasteiger partial charge in [-0.2, -0.15) is 4.99 Å². The van der Waals surface area contributed by atoms with Crippen LogP contribution in [0.4, 0.5) is 11.6 Å². The second-order valence-electron chi connectivity index (χ2n) is 14.7. The minimum Gasteiger partial charge on any atom is -0.497 e. The number of pyridine rings is 1. The Labute approximate surface area is 303 Å². The van der Waals surface area contributed by atoms with Crippen LogP contribution in [0, 0.1) is 54.3 Å². The topological polar surface area (TPSA) is 137 Å². The zero-order chi connectivity index (χ0) is 34.9. The fourth-order valence-corrected chi connectivity index (χ4v) is 8.32. The summed E-state index contributed by atoms with van der Waals surface area (Å²) in [7, 11) is 0. The molecule has 0 bridgehead atoms. The third kappa shape index (κ3) is 8.59. The van der Waals surface area contributed by atoms with Gasteiger partial charge in [-0.15, -0.1) is 0 Å². The summed E-state index contributed by atoms with van der Waals surface area (Å²) < 4.78 is 12.2. The summed E-state index contributed by atoms with van der Waals surface area (Å²) in [5.41, 5.74) is 2.23. The molecule has 4 atom stereocenters. The largest absolute Gasteiger partial charge is 0.497 e. The zero-order valence-corrected chi connectivity index (χ0v) is 33.4. The molecule has 11 heteroatoms. The number of aliphatic imine (C=N–C) groups is 2. The maximum atomic E-state index is 13.7. The van der Waals surface area contributed by atoms with Gasteiger partial charge in [0, 0.05) is 44.0 Å². The summed E-state index contributed by atoms with van der Waals surface area (Å²) >= 11 is 0. The number of nitrogens with one attached hydrogen (secondary N) is 1. The molecule has 0 spiro atoms. The summed E-state index contributed by atoms with van der Waals surface area (Å²) in [4.78, 5) is 45.4. The maximum Gasteiger partial charge on any atom is 0.315 e. The SMILES string of the molecule is CC(O)=NC1=N/C(=C\c2[n-]c(Nc3ccccn3)c(OC(=O)C3C(C)CC(C)CC3C)c2C)C(C)=C1OC(=O)C1C(C)CC(C)CC1C.[Zn]. The van der Waals surface area contributed by atoms with Gasteiger partial charge in [-0.3, -0.25) is 14.6 Å². The van der Waals surface area contributed by atoms with Crippen molar-refractivity contribution in [1.29, 1.82) is 0 Å².